The molecule has 0 saturated heterocycles. The lowest BCUT2D eigenvalue weighted by Crippen LogP contribution is -2.15. The number of nitrogens with one attached hydrogen (secondary N) is 1. The summed E-state index contributed by atoms with van der Waals surface area (Å²) in [6, 6.07) is 11.5. The molecule has 3 heterocycles. The molecule has 130 valence electrons. The largest absolute Gasteiger partial charge is 0.459 e. The molecule has 5 nitrogen and oxygen atoms in total. The maximum Gasteiger partial charge on any atom is 0.230 e. The first kappa shape index (κ1) is 16.5. The molecule has 0 saturated carbocycles. The van der Waals surface area contributed by atoms with Gasteiger partial charge in [0, 0.05) is 17.0 Å². The highest BCUT2D eigenvalue weighted by Crippen LogP contribution is 2.27. The average Bonchev–Trinajstić information content (AvgIpc) is 3.26. The molecular weight excluding hydrogens is 346 g/mol. The SMILES string of the molecule is Cc1ccc(-c2nc(CC(=O)Nc3ccc(C)c4ncccc34)cs2)o1. The molecule has 3 aromatic heterocycles. The van der Waals surface area contributed by atoms with Crippen LogP contribution in [0.2, 0.25) is 0 Å². The highest BCUT2D eigenvalue weighted by Gasteiger charge is 2.13. The number of furan rings is 1. The third-order valence-electron chi connectivity index (χ3n) is 4.09. The second-order valence-electron chi connectivity index (χ2n) is 6.11. The van der Waals surface area contributed by atoms with E-state index in [-0.39, 0.29) is 12.3 Å². The van der Waals surface area contributed by atoms with Gasteiger partial charge in [0.1, 0.15) is 5.76 Å². The maximum absolute atomic E-state index is 12.5. The Hall–Kier alpha value is -2.99. The smallest absolute Gasteiger partial charge is 0.230 e. The Morgan fingerprint density at radius 2 is 2.08 bits per heavy atom. The van der Waals surface area contributed by atoms with Crippen LogP contribution in [0.4, 0.5) is 5.69 Å². The van der Waals surface area contributed by atoms with E-state index in [9.17, 15) is 4.79 Å². The number of carbonyl (C=O) groups is 1. The number of pyridine rings is 1. The number of thiazole rings is 1. The summed E-state index contributed by atoms with van der Waals surface area (Å²) in [6.45, 7) is 3.90. The van der Waals surface area contributed by atoms with Crippen molar-refractivity contribution >= 4 is 33.8 Å². The van der Waals surface area contributed by atoms with E-state index in [4.69, 9.17) is 4.42 Å². The normalized spacial score (nSPS) is 11.0. The molecule has 0 aliphatic carbocycles. The minimum atomic E-state index is -0.105. The zero-order valence-corrected chi connectivity index (χ0v) is 15.3. The van der Waals surface area contributed by atoms with E-state index in [1.165, 1.54) is 11.3 Å². The molecule has 0 atom stereocenters. The molecule has 0 aliphatic heterocycles. The molecule has 0 unspecified atom stereocenters. The fourth-order valence-electron chi connectivity index (χ4n) is 2.83. The molecule has 0 bridgehead atoms. The molecule has 4 aromatic rings. The van der Waals surface area contributed by atoms with Crippen LogP contribution in [0.25, 0.3) is 21.7 Å². The van der Waals surface area contributed by atoms with Crippen LogP contribution in [0.1, 0.15) is 17.0 Å². The van der Waals surface area contributed by atoms with Gasteiger partial charge in [0.2, 0.25) is 5.91 Å². The summed E-state index contributed by atoms with van der Waals surface area (Å²) in [4.78, 5) is 21.4. The summed E-state index contributed by atoms with van der Waals surface area (Å²) in [6.07, 6.45) is 1.97. The zero-order valence-electron chi connectivity index (χ0n) is 14.4. The van der Waals surface area contributed by atoms with E-state index in [0.29, 0.717) is 0 Å². The Bertz CT molecular complexity index is 1100. The topological polar surface area (TPSA) is 68.0 Å². The van der Waals surface area contributed by atoms with Crippen LogP contribution in [0.15, 0.2) is 52.4 Å². The summed E-state index contributed by atoms with van der Waals surface area (Å²) >= 11 is 1.47. The number of benzene rings is 1. The van der Waals surface area contributed by atoms with E-state index in [1.54, 1.807) is 6.20 Å². The fraction of sp³-hybridized carbons (Fsp3) is 0.150. The quantitative estimate of drug-likeness (QED) is 0.568. The molecule has 4 rings (SSSR count). The van der Waals surface area contributed by atoms with Crippen LogP contribution in [0.3, 0.4) is 0 Å². The molecule has 0 fully saturated rings. The van der Waals surface area contributed by atoms with E-state index >= 15 is 0 Å². The molecule has 0 spiro atoms. The van der Waals surface area contributed by atoms with Gasteiger partial charge >= 0.3 is 0 Å². The number of amides is 1. The standard InChI is InChI=1S/C20H17N3O2S/c1-12-5-7-16(15-4-3-9-21-19(12)15)23-18(24)10-14-11-26-20(22-14)17-8-6-13(2)25-17/h3-9,11H,10H2,1-2H3,(H,23,24). The monoisotopic (exact) mass is 363 g/mol. The first-order chi connectivity index (χ1) is 12.6. The lowest BCUT2D eigenvalue weighted by molar-refractivity contribution is -0.115. The van der Waals surface area contributed by atoms with E-state index in [0.717, 1.165) is 44.4 Å². The van der Waals surface area contributed by atoms with Crippen molar-refractivity contribution in [2.45, 2.75) is 20.3 Å². The number of anilines is 1. The predicted molar refractivity (Wildman–Crippen MR) is 103 cm³/mol. The Morgan fingerprint density at radius 3 is 2.88 bits per heavy atom. The van der Waals surface area contributed by atoms with Crippen LogP contribution in [0, 0.1) is 13.8 Å². The van der Waals surface area contributed by atoms with Crippen molar-refractivity contribution < 1.29 is 9.21 Å². The molecular formula is C20H17N3O2S. The molecule has 6 heteroatoms. The lowest BCUT2D eigenvalue weighted by atomic mass is 10.1. The molecule has 0 radical (unpaired) electrons. The summed E-state index contributed by atoms with van der Waals surface area (Å²) < 4.78 is 5.58. The number of hydrogen-bond acceptors (Lipinski definition) is 5. The van der Waals surface area contributed by atoms with Crippen molar-refractivity contribution in [1.82, 2.24) is 9.97 Å². The van der Waals surface area contributed by atoms with Crippen molar-refractivity contribution in [1.29, 1.82) is 0 Å². The second kappa shape index (κ2) is 6.72. The molecule has 1 aromatic carbocycles. The number of aryl methyl sites for hydroxylation is 2. The third kappa shape index (κ3) is 3.23. The summed E-state index contributed by atoms with van der Waals surface area (Å²) in [7, 11) is 0. The number of rotatable bonds is 4. The van der Waals surface area contributed by atoms with Gasteiger partial charge in [-0.2, -0.15) is 0 Å². The zero-order chi connectivity index (χ0) is 18.1. The third-order valence-corrected chi connectivity index (χ3v) is 5.00. The molecule has 0 aliphatic rings. The first-order valence-electron chi connectivity index (χ1n) is 8.25. The van der Waals surface area contributed by atoms with Gasteiger partial charge in [0.05, 0.1) is 23.3 Å². The minimum Gasteiger partial charge on any atom is -0.459 e. The number of hydrogen-bond donors (Lipinski definition) is 1. The van der Waals surface area contributed by atoms with Crippen LogP contribution in [-0.2, 0) is 11.2 Å². The Morgan fingerprint density at radius 1 is 1.19 bits per heavy atom. The Labute approximate surface area is 154 Å². The van der Waals surface area contributed by atoms with Crippen molar-refractivity contribution in [3.63, 3.8) is 0 Å². The maximum atomic E-state index is 12.5. The van der Waals surface area contributed by atoms with Crippen molar-refractivity contribution in [3.8, 4) is 10.8 Å². The fourth-order valence-corrected chi connectivity index (χ4v) is 3.61. The van der Waals surface area contributed by atoms with Gasteiger partial charge in [-0.3, -0.25) is 9.78 Å². The number of nitrogens with zero attached hydrogens (tertiary/aromatic N) is 2. The molecule has 1 amide bonds. The van der Waals surface area contributed by atoms with Crippen molar-refractivity contribution in [2.24, 2.45) is 0 Å². The predicted octanol–water partition coefficient (Wildman–Crippen LogP) is 4.75. The van der Waals surface area contributed by atoms with Crippen LogP contribution in [0.5, 0.6) is 0 Å². The van der Waals surface area contributed by atoms with E-state index in [1.807, 2.05) is 55.6 Å². The minimum absolute atomic E-state index is 0.105. The first-order valence-corrected chi connectivity index (χ1v) is 9.13. The van der Waals surface area contributed by atoms with Crippen molar-refractivity contribution in [2.75, 3.05) is 5.32 Å². The van der Waals surface area contributed by atoms with Gasteiger partial charge in [-0.15, -0.1) is 11.3 Å². The van der Waals surface area contributed by atoms with Gasteiger partial charge in [-0.1, -0.05) is 6.07 Å². The molecule has 1 N–H and O–H groups in total. The number of carbonyl (C=O) groups excluding carboxylic acids is 1. The Kier molecular flexibility index (Phi) is 4.26. The van der Waals surface area contributed by atoms with Crippen molar-refractivity contribution in [3.05, 3.63) is 65.0 Å². The molecule has 26 heavy (non-hydrogen) atoms. The van der Waals surface area contributed by atoms with E-state index in [2.05, 4.69) is 15.3 Å². The van der Waals surface area contributed by atoms with E-state index < -0.39 is 0 Å². The van der Waals surface area contributed by atoms with Gasteiger partial charge in [0.25, 0.3) is 0 Å². The second-order valence-corrected chi connectivity index (χ2v) is 6.97. The van der Waals surface area contributed by atoms with Crippen LogP contribution >= 0.6 is 11.3 Å². The summed E-state index contributed by atoms with van der Waals surface area (Å²) in [5, 5.41) is 6.59. The highest BCUT2D eigenvalue weighted by molar-refractivity contribution is 7.13. The van der Waals surface area contributed by atoms with Gasteiger partial charge < -0.3 is 9.73 Å². The lowest BCUT2D eigenvalue weighted by Gasteiger charge is -2.09. The summed E-state index contributed by atoms with van der Waals surface area (Å²) in [5.74, 6) is 1.47. The average molecular weight is 363 g/mol. The van der Waals surface area contributed by atoms with Gasteiger partial charge in [-0.25, -0.2) is 4.98 Å². The van der Waals surface area contributed by atoms with Gasteiger partial charge in [0.15, 0.2) is 10.8 Å². The van der Waals surface area contributed by atoms with Crippen LogP contribution in [-0.4, -0.2) is 15.9 Å². The van der Waals surface area contributed by atoms with Gasteiger partial charge in [-0.05, 0) is 49.7 Å². The van der Waals surface area contributed by atoms with Crippen LogP contribution < -0.4 is 5.32 Å². The summed E-state index contributed by atoms with van der Waals surface area (Å²) in [5.41, 5.74) is 3.47. The highest BCUT2D eigenvalue weighted by atomic mass is 32.1. The Balaban J connectivity index is 1.52. The number of fused-ring (bicyclic) bond motifs is 1. The number of aromatic nitrogens is 2.